The summed E-state index contributed by atoms with van der Waals surface area (Å²) in [6.07, 6.45) is 5.53. The van der Waals surface area contributed by atoms with E-state index in [9.17, 15) is 8.42 Å². The molecule has 0 aliphatic carbocycles. The third kappa shape index (κ3) is 2.63. The van der Waals surface area contributed by atoms with Crippen LogP contribution in [-0.2, 0) is 16.6 Å². The maximum absolute atomic E-state index is 12.1. The lowest BCUT2D eigenvalue weighted by molar-refractivity contribution is 0.595. The molecule has 0 saturated carbocycles. The molecule has 0 saturated heterocycles. The van der Waals surface area contributed by atoms with Crippen molar-refractivity contribution in [2.24, 2.45) is 0 Å². The first kappa shape index (κ1) is 12.5. The maximum Gasteiger partial charge on any atom is 0.279 e. The van der Waals surface area contributed by atoms with Gasteiger partial charge in [-0.25, -0.2) is 9.97 Å². The number of nitrogens with one attached hydrogen (secondary N) is 3. The highest BCUT2D eigenvalue weighted by Gasteiger charge is 2.20. The van der Waals surface area contributed by atoms with E-state index < -0.39 is 10.0 Å². The number of anilines is 1. The normalized spacial score (nSPS) is 11.4. The largest absolute Gasteiger partial charge is 0.316 e. The van der Waals surface area contributed by atoms with Gasteiger partial charge in [0.15, 0.2) is 5.03 Å². The predicted octanol–water partition coefficient (Wildman–Crippen LogP) is -0.280. The summed E-state index contributed by atoms with van der Waals surface area (Å²) in [7, 11) is -1.99. The fourth-order valence-electron chi connectivity index (χ4n) is 1.41. The number of sulfonamides is 1. The first-order valence-corrected chi connectivity index (χ1v) is 6.56. The molecule has 2 aromatic heterocycles. The summed E-state index contributed by atoms with van der Waals surface area (Å²) >= 11 is 0. The molecular weight excluding hydrogens is 256 g/mol. The van der Waals surface area contributed by atoms with Gasteiger partial charge in [0.2, 0.25) is 0 Å². The minimum Gasteiger partial charge on any atom is -0.316 e. The van der Waals surface area contributed by atoms with E-state index in [1.54, 1.807) is 7.05 Å². The minimum absolute atomic E-state index is 0.0284. The SMILES string of the molecule is CNCc1cn[nH]c1S(=O)(=O)Nc1cncnc1. The Kier molecular flexibility index (Phi) is 3.53. The minimum atomic E-state index is -3.71. The highest BCUT2D eigenvalue weighted by atomic mass is 32.2. The summed E-state index contributed by atoms with van der Waals surface area (Å²) in [5, 5.41) is 9.10. The van der Waals surface area contributed by atoms with Crippen LogP contribution in [0.25, 0.3) is 0 Å². The van der Waals surface area contributed by atoms with Crippen molar-refractivity contribution in [3.8, 4) is 0 Å². The summed E-state index contributed by atoms with van der Waals surface area (Å²) in [6, 6.07) is 0. The number of rotatable bonds is 5. The van der Waals surface area contributed by atoms with Gasteiger partial charge in [0, 0.05) is 12.1 Å². The first-order valence-electron chi connectivity index (χ1n) is 5.08. The molecule has 3 N–H and O–H groups in total. The van der Waals surface area contributed by atoms with Crippen LogP contribution in [0.15, 0.2) is 29.9 Å². The lowest BCUT2D eigenvalue weighted by Crippen LogP contribution is -2.17. The van der Waals surface area contributed by atoms with E-state index in [1.165, 1.54) is 24.9 Å². The Bertz CT molecular complexity index is 609. The van der Waals surface area contributed by atoms with Crippen LogP contribution in [0.5, 0.6) is 0 Å². The fraction of sp³-hybridized carbons (Fsp3) is 0.222. The zero-order valence-electron chi connectivity index (χ0n) is 9.58. The van der Waals surface area contributed by atoms with Crippen LogP contribution in [-0.4, -0.2) is 35.6 Å². The van der Waals surface area contributed by atoms with Crippen LogP contribution in [0.3, 0.4) is 0 Å². The number of hydrogen-bond donors (Lipinski definition) is 3. The maximum atomic E-state index is 12.1. The third-order valence-electron chi connectivity index (χ3n) is 2.13. The molecule has 8 nitrogen and oxygen atoms in total. The average molecular weight is 268 g/mol. The van der Waals surface area contributed by atoms with Crippen molar-refractivity contribution in [3.63, 3.8) is 0 Å². The zero-order chi connectivity index (χ0) is 13.0. The van der Waals surface area contributed by atoms with Crippen LogP contribution in [0.4, 0.5) is 5.69 Å². The molecule has 0 amide bonds. The lowest BCUT2D eigenvalue weighted by atomic mass is 10.4. The van der Waals surface area contributed by atoms with Gasteiger partial charge in [-0.15, -0.1) is 0 Å². The Labute approximate surface area is 104 Å². The average Bonchev–Trinajstić information content (AvgIpc) is 2.79. The molecule has 0 aliphatic rings. The van der Waals surface area contributed by atoms with Gasteiger partial charge < -0.3 is 5.32 Å². The number of aromatic nitrogens is 4. The number of hydrogen-bond acceptors (Lipinski definition) is 6. The van der Waals surface area contributed by atoms with Crippen molar-refractivity contribution >= 4 is 15.7 Å². The summed E-state index contributed by atoms with van der Waals surface area (Å²) < 4.78 is 26.6. The molecule has 0 unspecified atom stereocenters. The Hall–Kier alpha value is -2.00. The molecular formula is C9H12N6O2S. The van der Waals surface area contributed by atoms with Crippen LogP contribution >= 0.6 is 0 Å². The number of nitrogens with zero attached hydrogens (tertiary/aromatic N) is 3. The predicted molar refractivity (Wildman–Crippen MR) is 64.2 cm³/mol. The van der Waals surface area contributed by atoms with E-state index in [2.05, 4.69) is 30.2 Å². The molecule has 9 heteroatoms. The van der Waals surface area contributed by atoms with Crippen LogP contribution in [0.1, 0.15) is 5.56 Å². The van der Waals surface area contributed by atoms with Gasteiger partial charge in [-0.05, 0) is 7.05 Å². The molecule has 0 fully saturated rings. The van der Waals surface area contributed by atoms with Gasteiger partial charge in [0.05, 0.1) is 24.3 Å². The molecule has 0 aromatic carbocycles. The van der Waals surface area contributed by atoms with Crippen LogP contribution < -0.4 is 10.0 Å². The Morgan fingerprint density at radius 2 is 2.00 bits per heavy atom. The van der Waals surface area contributed by atoms with E-state index >= 15 is 0 Å². The molecule has 2 rings (SSSR count). The quantitative estimate of drug-likeness (QED) is 0.687. The zero-order valence-corrected chi connectivity index (χ0v) is 10.4. The van der Waals surface area contributed by atoms with E-state index in [-0.39, 0.29) is 5.03 Å². The molecule has 2 aromatic rings. The smallest absolute Gasteiger partial charge is 0.279 e. The summed E-state index contributed by atoms with van der Waals surface area (Å²) in [5.74, 6) is 0. The van der Waals surface area contributed by atoms with Gasteiger partial charge in [-0.3, -0.25) is 9.82 Å². The van der Waals surface area contributed by atoms with E-state index in [1.807, 2.05) is 0 Å². The van der Waals surface area contributed by atoms with Crippen molar-refractivity contribution in [1.82, 2.24) is 25.5 Å². The molecule has 0 spiro atoms. The summed E-state index contributed by atoms with van der Waals surface area (Å²) in [5.41, 5.74) is 0.851. The van der Waals surface area contributed by atoms with Crippen LogP contribution in [0, 0.1) is 0 Å². The lowest BCUT2D eigenvalue weighted by Gasteiger charge is -2.07. The van der Waals surface area contributed by atoms with E-state index in [0.717, 1.165) is 0 Å². The Morgan fingerprint density at radius 3 is 2.67 bits per heavy atom. The summed E-state index contributed by atoms with van der Waals surface area (Å²) in [4.78, 5) is 7.47. The first-order chi connectivity index (χ1) is 8.63. The second-order valence-electron chi connectivity index (χ2n) is 3.49. The second kappa shape index (κ2) is 5.10. The van der Waals surface area contributed by atoms with Gasteiger partial charge >= 0.3 is 0 Å². The Morgan fingerprint density at radius 1 is 1.28 bits per heavy atom. The third-order valence-corrected chi connectivity index (χ3v) is 3.52. The second-order valence-corrected chi connectivity index (χ2v) is 5.11. The number of H-pyrrole nitrogens is 1. The molecule has 0 bridgehead atoms. The topological polar surface area (TPSA) is 113 Å². The fourth-order valence-corrected chi connectivity index (χ4v) is 2.57. The van der Waals surface area contributed by atoms with E-state index in [0.29, 0.717) is 17.8 Å². The molecule has 0 atom stereocenters. The molecule has 0 aliphatic heterocycles. The van der Waals surface area contributed by atoms with Gasteiger partial charge in [-0.1, -0.05) is 0 Å². The van der Waals surface area contributed by atoms with Crippen molar-refractivity contribution in [3.05, 3.63) is 30.5 Å². The Balaban J connectivity index is 2.28. The molecule has 2 heterocycles. The molecule has 18 heavy (non-hydrogen) atoms. The van der Waals surface area contributed by atoms with Crippen molar-refractivity contribution in [2.45, 2.75) is 11.6 Å². The number of aromatic amines is 1. The molecule has 0 radical (unpaired) electrons. The van der Waals surface area contributed by atoms with Crippen molar-refractivity contribution < 1.29 is 8.42 Å². The van der Waals surface area contributed by atoms with Crippen molar-refractivity contribution in [2.75, 3.05) is 11.8 Å². The van der Waals surface area contributed by atoms with Gasteiger partial charge in [0.1, 0.15) is 6.33 Å². The molecule has 96 valence electrons. The summed E-state index contributed by atoms with van der Waals surface area (Å²) in [6.45, 7) is 0.401. The van der Waals surface area contributed by atoms with Gasteiger partial charge in [-0.2, -0.15) is 13.5 Å². The monoisotopic (exact) mass is 268 g/mol. The van der Waals surface area contributed by atoms with Crippen LogP contribution in [0.2, 0.25) is 0 Å². The van der Waals surface area contributed by atoms with E-state index in [4.69, 9.17) is 0 Å². The highest BCUT2D eigenvalue weighted by Crippen LogP contribution is 2.15. The standard InChI is InChI=1S/C9H12N6O2S/c1-10-2-7-3-13-14-9(7)18(16,17)15-8-4-11-6-12-5-8/h3-6,10,15H,2H2,1H3,(H,13,14). The highest BCUT2D eigenvalue weighted by molar-refractivity contribution is 7.92. The van der Waals surface area contributed by atoms with Crippen molar-refractivity contribution in [1.29, 1.82) is 0 Å². The van der Waals surface area contributed by atoms with Gasteiger partial charge in [0.25, 0.3) is 10.0 Å².